The molecule has 0 radical (unpaired) electrons. The van der Waals surface area contributed by atoms with Crippen molar-refractivity contribution in [3.8, 4) is 0 Å². The van der Waals surface area contributed by atoms with Crippen molar-refractivity contribution in [1.29, 1.82) is 0 Å². The second kappa shape index (κ2) is 4.76. The summed E-state index contributed by atoms with van der Waals surface area (Å²) >= 11 is 1.23. The first-order valence-corrected chi connectivity index (χ1v) is 4.74. The molecule has 13 heavy (non-hydrogen) atoms. The number of nitrogens with one attached hydrogen (secondary N) is 1. The third-order valence-corrected chi connectivity index (χ3v) is 2.20. The fraction of sp³-hybridized carbons (Fsp3) is 0.571. The van der Waals surface area contributed by atoms with Crippen LogP contribution in [0.4, 0.5) is 5.13 Å². The largest absolute Gasteiger partial charge is 0.481 e. The lowest BCUT2D eigenvalue weighted by Gasteiger charge is -2.12. The first-order chi connectivity index (χ1) is 6.22. The van der Waals surface area contributed by atoms with E-state index in [9.17, 15) is 4.79 Å². The second-order valence-electron chi connectivity index (χ2n) is 2.59. The Labute approximate surface area is 80.0 Å². The van der Waals surface area contributed by atoms with Gasteiger partial charge in [-0.15, -0.1) is 0 Å². The lowest BCUT2D eigenvalue weighted by Crippen LogP contribution is -2.21. The highest BCUT2D eigenvalue weighted by molar-refractivity contribution is 7.09. The van der Waals surface area contributed by atoms with Crippen molar-refractivity contribution in [3.05, 3.63) is 6.33 Å². The zero-order chi connectivity index (χ0) is 9.68. The first kappa shape index (κ1) is 9.91. The van der Waals surface area contributed by atoms with Crippen LogP contribution in [0.2, 0.25) is 0 Å². The van der Waals surface area contributed by atoms with E-state index in [1.165, 1.54) is 17.9 Å². The standard InChI is InChI=1S/C7H11N3O2S/c1-2-5(3-6(11)12)10-7-8-4-9-13-7/h4-5H,2-3H2,1H3,(H,11,12)(H,8,9,10). The number of nitrogens with zero attached hydrogens (tertiary/aromatic N) is 2. The minimum absolute atomic E-state index is 0.0644. The van der Waals surface area contributed by atoms with Crippen LogP contribution in [-0.4, -0.2) is 26.5 Å². The van der Waals surface area contributed by atoms with Crippen LogP contribution in [0.3, 0.4) is 0 Å². The normalized spacial score (nSPS) is 12.4. The molecule has 0 aliphatic carbocycles. The summed E-state index contributed by atoms with van der Waals surface area (Å²) in [6.07, 6.45) is 2.31. The molecule has 0 spiro atoms. The molecule has 72 valence electrons. The maximum absolute atomic E-state index is 10.4. The van der Waals surface area contributed by atoms with Gasteiger partial charge < -0.3 is 10.4 Å². The van der Waals surface area contributed by atoms with E-state index in [1.54, 1.807) is 0 Å². The Morgan fingerprint density at radius 3 is 3.08 bits per heavy atom. The quantitative estimate of drug-likeness (QED) is 0.748. The van der Waals surface area contributed by atoms with Crippen LogP contribution < -0.4 is 5.32 Å². The Bertz CT molecular complexity index is 263. The van der Waals surface area contributed by atoms with Crippen LogP contribution in [0.5, 0.6) is 0 Å². The first-order valence-electron chi connectivity index (χ1n) is 3.97. The minimum atomic E-state index is -0.802. The Morgan fingerprint density at radius 1 is 1.85 bits per heavy atom. The van der Waals surface area contributed by atoms with Crippen LogP contribution in [0.25, 0.3) is 0 Å². The molecule has 1 aromatic heterocycles. The fourth-order valence-corrected chi connectivity index (χ4v) is 1.43. The van der Waals surface area contributed by atoms with Gasteiger partial charge in [0, 0.05) is 17.6 Å². The van der Waals surface area contributed by atoms with Gasteiger partial charge in [-0.3, -0.25) is 4.79 Å². The third kappa shape index (κ3) is 3.37. The van der Waals surface area contributed by atoms with Gasteiger partial charge in [0.05, 0.1) is 6.42 Å². The minimum Gasteiger partial charge on any atom is -0.481 e. The molecule has 0 bridgehead atoms. The number of aromatic nitrogens is 2. The zero-order valence-corrected chi connectivity index (χ0v) is 8.04. The molecule has 1 unspecified atom stereocenters. The highest BCUT2D eigenvalue weighted by Gasteiger charge is 2.11. The maximum Gasteiger partial charge on any atom is 0.305 e. The van der Waals surface area contributed by atoms with Crippen LogP contribution in [0.15, 0.2) is 6.33 Å². The summed E-state index contributed by atoms with van der Waals surface area (Å²) in [6, 6.07) is -0.0644. The highest BCUT2D eigenvalue weighted by atomic mass is 32.1. The molecule has 0 saturated carbocycles. The SMILES string of the molecule is CCC(CC(=O)O)Nc1ncns1. The number of carboxylic acid groups (broad SMARTS) is 1. The average molecular weight is 201 g/mol. The van der Waals surface area contributed by atoms with Crippen molar-refractivity contribution in [2.75, 3.05) is 5.32 Å². The molecule has 1 atom stereocenters. The number of carbonyl (C=O) groups is 1. The summed E-state index contributed by atoms with van der Waals surface area (Å²) in [6.45, 7) is 1.93. The second-order valence-corrected chi connectivity index (χ2v) is 3.37. The number of aliphatic carboxylic acids is 1. The summed E-state index contributed by atoms with van der Waals surface area (Å²) in [7, 11) is 0. The van der Waals surface area contributed by atoms with Crippen molar-refractivity contribution in [1.82, 2.24) is 9.36 Å². The number of hydrogen-bond acceptors (Lipinski definition) is 5. The molecular weight excluding hydrogens is 190 g/mol. The molecule has 1 aromatic rings. The van der Waals surface area contributed by atoms with Crippen molar-refractivity contribution in [2.24, 2.45) is 0 Å². The van der Waals surface area contributed by atoms with E-state index < -0.39 is 5.97 Å². The Balaban J connectivity index is 2.45. The highest BCUT2D eigenvalue weighted by Crippen LogP contribution is 2.11. The molecular formula is C7H11N3O2S. The molecule has 0 amide bonds. The molecule has 0 aliphatic heterocycles. The number of anilines is 1. The van der Waals surface area contributed by atoms with Crippen molar-refractivity contribution < 1.29 is 9.90 Å². The van der Waals surface area contributed by atoms with Gasteiger partial charge in [0.1, 0.15) is 6.33 Å². The van der Waals surface area contributed by atoms with Gasteiger partial charge in [-0.2, -0.15) is 4.37 Å². The zero-order valence-electron chi connectivity index (χ0n) is 7.23. The molecule has 6 heteroatoms. The summed E-state index contributed by atoms with van der Waals surface area (Å²) in [4.78, 5) is 14.3. The van der Waals surface area contributed by atoms with E-state index in [1.807, 2.05) is 6.92 Å². The van der Waals surface area contributed by atoms with E-state index in [-0.39, 0.29) is 12.5 Å². The fourth-order valence-electron chi connectivity index (χ4n) is 0.920. The van der Waals surface area contributed by atoms with E-state index in [0.29, 0.717) is 5.13 Å². The Hall–Kier alpha value is -1.17. The van der Waals surface area contributed by atoms with Gasteiger partial charge >= 0.3 is 5.97 Å². The van der Waals surface area contributed by atoms with Gasteiger partial charge in [-0.25, -0.2) is 4.98 Å². The molecule has 0 aliphatic rings. The lowest BCUT2D eigenvalue weighted by atomic mass is 10.1. The van der Waals surface area contributed by atoms with Crippen molar-refractivity contribution in [2.45, 2.75) is 25.8 Å². The molecule has 2 N–H and O–H groups in total. The summed E-state index contributed by atoms with van der Waals surface area (Å²) < 4.78 is 3.81. The Kier molecular flexibility index (Phi) is 3.63. The summed E-state index contributed by atoms with van der Waals surface area (Å²) in [5.41, 5.74) is 0. The Morgan fingerprint density at radius 2 is 2.62 bits per heavy atom. The molecule has 0 saturated heterocycles. The topological polar surface area (TPSA) is 75.1 Å². The van der Waals surface area contributed by atoms with Crippen LogP contribution in [0, 0.1) is 0 Å². The van der Waals surface area contributed by atoms with Crippen LogP contribution in [0.1, 0.15) is 19.8 Å². The molecule has 1 heterocycles. The molecule has 0 aromatic carbocycles. The van der Waals surface area contributed by atoms with Gasteiger partial charge in [-0.05, 0) is 6.42 Å². The summed E-state index contributed by atoms with van der Waals surface area (Å²) in [5, 5.41) is 12.2. The number of carboxylic acids is 1. The van der Waals surface area contributed by atoms with Crippen molar-refractivity contribution in [3.63, 3.8) is 0 Å². The molecule has 0 fully saturated rings. The van der Waals surface area contributed by atoms with Gasteiger partial charge in [-0.1, -0.05) is 6.92 Å². The van der Waals surface area contributed by atoms with E-state index in [0.717, 1.165) is 6.42 Å². The van der Waals surface area contributed by atoms with E-state index in [2.05, 4.69) is 14.7 Å². The van der Waals surface area contributed by atoms with Gasteiger partial charge in [0.25, 0.3) is 0 Å². The van der Waals surface area contributed by atoms with Gasteiger partial charge in [0.15, 0.2) is 0 Å². The number of rotatable bonds is 5. The van der Waals surface area contributed by atoms with Gasteiger partial charge in [0.2, 0.25) is 5.13 Å². The predicted octanol–water partition coefficient (Wildman–Crippen LogP) is 1.20. The molecule has 5 nitrogen and oxygen atoms in total. The maximum atomic E-state index is 10.4. The monoisotopic (exact) mass is 201 g/mol. The lowest BCUT2D eigenvalue weighted by molar-refractivity contribution is -0.137. The van der Waals surface area contributed by atoms with Crippen LogP contribution in [-0.2, 0) is 4.79 Å². The third-order valence-electron chi connectivity index (χ3n) is 1.60. The molecule has 1 rings (SSSR count). The van der Waals surface area contributed by atoms with Crippen LogP contribution >= 0.6 is 11.5 Å². The van der Waals surface area contributed by atoms with Crippen molar-refractivity contribution >= 4 is 22.6 Å². The van der Waals surface area contributed by atoms with E-state index >= 15 is 0 Å². The summed E-state index contributed by atoms with van der Waals surface area (Å²) in [5.74, 6) is -0.802. The smallest absolute Gasteiger partial charge is 0.305 e. The average Bonchev–Trinajstić information content (AvgIpc) is 2.55. The predicted molar refractivity (Wildman–Crippen MR) is 49.9 cm³/mol. The number of hydrogen-bond donors (Lipinski definition) is 2. The van der Waals surface area contributed by atoms with E-state index in [4.69, 9.17) is 5.11 Å².